The first-order valence-electron chi connectivity index (χ1n) is 8.92. The van der Waals surface area contributed by atoms with E-state index in [0.717, 1.165) is 22.0 Å². The number of anilines is 2. The van der Waals surface area contributed by atoms with Crippen molar-refractivity contribution >= 4 is 46.5 Å². The molecule has 0 fully saturated rings. The molecule has 29 heavy (non-hydrogen) atoms. The average Bonchev–Trinajstić information content (AvgIpc) is 3.18. The molecule has 146 valence electrons. The summed E-state index contributed by atoms with van der Waals surface area (Å²) in [6.45, 7) is 2.05. The normalized spacial score (nSPS) is 10.8. The van der Waals surface area contributed by atoms with E-state index in [4.69, 9.17) is 11.6 Å². The smallest absolute Gasteiger partial charge is 0.308 e. The Labute approximate surface area is 176 Å². The van der Waals surface area contributed by atoms with Crippen molar-refractivity contribution in [1.82, 2.24) is 19.6 Å². The van der Waals surface area contributed by atoms with Crippen LogP contribution in [-0.2, 0) is 6.42 Å². The van der Waals surface area contributed by atoms with Crippen LogP contribution in [0.15, 0.2) is 70.8 Å². The Balaban J connectivity index is 1.44. The van der Waals surface area contributed by atoms with Crippen LogP contribution in [-0.4, -0.2) is 25.6 Å². The van der Waals surface area contributed by atoms with E-state index in [0.29, 0.717) is 22.2 Å². The van der Waals surface area contributed by atoms with E-state index < -0.39 is 0 Å². The molecule has 4 aromatic rings. The summed E-state index contributed by atoms with van der Waals surface area (Å²) in [5, 5.41) is 11.3. The molecular formula is C20H17ClN6OS. The quantitative estimate of drug-likeness (QED) is 0.433. The highest BCUT2D eigenvalue weighted by Crippen LogP contribution is 2.29. The molecule has 0 spiro atoms. The molecule has 0 aliphatic heterocycles. The number of hydrogen-bond donors (Lipinski definition) is 2. The Morgan fingerprint density at radius 1 is 1.10 bits per heavy atom. The fraction of sp³-hybridized carbons (Fsp3) is 0.100. The van der Waals surface area contributed by atoms with Crippen molar-refractivity contribution < 1.29 is 4.79 Å². The van der Waals surface area contributed by atoms with Gasteiger partial charge in [-0.25, -0.2) is 9.78 Å². The SMILES string of the molecule is CCc1cc(Sc2ccc(NC(=O)Nc3cccc(Cl)c3)cc2)n2ncnc2n1. The Morgan fingerprint density at radius 2 is 1.90 bits per heavy atom. The molecule has 9 heteroatoms. The van der Waals surface area contributed by atoms with Crippen LogP contribution in [0.1, 0.15) is 12.6 Å². The van der Waals surface area contributed by atoms with Gasteiger partial charge in [0.1, 0.15) is 11.4 Å². The number of halogens is 1. The predicted octanol–water partition coefficient (Wildman–Crippen LogP) is 5.14. The van der Waals surface area contributed by atoms with Crippen LogP contribution in [0.4, 0.5) is 16.2 Å². The van der Waals surface area contributed by atoms with Crippen molar-refractivity contribution in [2.45, 2.75) is 23.3 Å². The molecule has 2 amide bonds. The van der Waals surface area contributed by atoms with E-state index in [1.807, 2.05) is 30.3 Å². The van der Waals surface area contributed by atoms with Crippen LogP contribution in [0.3, 0.4) is 0 Å². The van der Waals surface area contributed by atoms with Crippen LogP contribution in [0.25, 0.3) is 5.78 Å². The van der Waals surface area contributed by atoms with Gasteiger partial charge in [0.25, 0.3) is 5.78 Å². The molecule has 2 aromatic heterocycles. The van der Waals surface area contributed by atoms with E-state index >= 15 is 0 Å². The second-order valence-electron chi connectivity index (χ2n) is 6.13. The molecule has 2 N–H and O–H groups in total. The Kier molecular flexibility index (Phi) is 5.64. The lowest BCUT2D eigenvalue weighted by atomic mass is 10.3. The first-order chi connectivity index (χ1) is 14.1. The van der Waals surface area contributed by atoms with Gasteiger partial charge in [0, 0.05) is 27.0 Å². The third-order valence-electron chi connectivity index (χ3n) is 4.05. The molecule has 2 heterocycles. The summed E-state index contributed by atoms with van der Waals surface area (Å²) in [7, 11) is 0. The fourth-order valence-corrected chi connectivity index (χ4v) is 3.79. The number of carbonyl (C=O) groups excluding carboxylic acids is 1. The number of nitrogens with one attached hydrogen (secondary N) is 2. The number of hydrogen-bond acceptors (Lipinski definition) is 5. The summed E-state index contributed by atoms with van der Waals surface area (Å²) >= 11 is 7.49. The van der Waals surface area contributed by atoms with E-state index in [9.17, 15) is 4.79 Å². The molecule has 0 atom stereocenters. The molecule has 0 aliphatic carbocycles. The molecule has 0 radical (unpaired) electrons. The number of aromatic nitrogens is 4. The lowest BCUT2D eigenvalue weighted by Crippen LogP contribution is -2.19. The van der Waals surface area contributed by atoms with Gasteiger partial charge in [-0.1, -0.05) is 36.4 Å². The van der Waals surface area contributed by atoms with Crippen LogP contribution < -0.4 is 10.6 Å². The van der Waals surface area contributed by atoms with Gasteiger partial charge in [0.05, 0.1) is 0 Å². The van der Waals surface area contributed by atoms with Crippen LogP contribution in [0.5, 0.6) is 0 Å². The first-order valence-corrected chi connectivity index (χ1v) is 10.1. The second-order valence-corrected chi connectivity index (χ2v) is 7.66. The maximum absolute atomic E-state index is 12.2. The molecule has 0 bridgehead atoms. The lowest BCUT2D eigenvalue weighted by Gasteiger charge is -2.09. The Hall–Kier alpha value is -3.10. The van der Waals surface area contributed by atoms with Gasteiger partial charge < -0.3 is 10.6 Å². The minimum atomic E-state index is -0.335. The topological polar surface area (TPSA) is 84.2 Å². The number of aryl methyl sites for hydroxylation is 1. The standard InChI is InChI=1S/C20H17ClN6OS/c1-2-14-11-18(27-19(24-14)22-12-23-27)29-17-8-6-15(7-9-17)25-20(28)26-16-5-3-4-13(21)10-16/h3-12H,2H2,1H3,(H2,25,26,28). The van der Waals surface area contributed by atoms with E-state index in [-0.39, 0.29) is 6.03 Å². The fourth-order valence-electron chi connectivity index (χ4n) is 2.67. The molecule has 2 aromatic carbocycles. The molecule has 0 unspecified atom stereocenters. The predicted molar refractivity (Wildman–Crippen MR) is 115 cm³/mol. The average molecular weight is 425 g/mol. The molecule has 0 saturated carbocycles. The largest absolute Gasteiger partial charge is 0.323 e. The van der Waals surface area contributed by atoms with Gasteiger partial charge in [-0.2, -0.15) is 14.6 Å². The number of carbonyl (C=O) groups is 1. The monoisotopic (exact) mass is 424 g/mol. The highest BCUT2D eigenvalue weighted by atomic mass is 35.5. The Bertz CT molecular complexity index is 1160. The highest BCUT2D eigenvalue weighted by molar-refractivity contribution is 7.99. The van der Waals surface area contributed by atoms with Crippen molar-refractivity contribution in [3.05, 3.63) is 71.6 Å². The minimum Gasteiger partial charge on any atom is -0.308 e. The molecular weight excluding hydrogens is 408 g/mol. The second kappa shape index (κ2) is 8.50. The van der Waals surface area contributed by atoms with Crippen LogP contribution >= 0.6 is 23.4 Å². The number of benzene rings is 2. The van der Waals surface area contributed by atoms with Gasteiger partial charge in [-0.15, -0.1) is 0 Å². The third kappa shape index (κ3) is 4.67. The van der Waals surface area contributed by atoms with E-state index in [1.54, 1.807) is 40.5 Å². The zero-order chi connectivity index (χ0) is 20.2. The van der Waals surface area contributed by atoms with Crippen molar-refractivity contribution in [2.75, 3.05) is 10.6 Å². The summed E-state index contributed by atoms with van der Waals surface area (Å²) < 4.78 is 1.72. The highest BCUT2D eigenvalue weighted by Gasteiger charge is 2.09. The van der Waals surface area contributed by atoms with Gasteiger partial charge in [-0.3, -0.25) is 0 Å². The van der Waals surface area contributed by atoms with Gasteiger partial charge in [-0.05, 0) is 55.0 Å². The summed E-state index contributed by atoms with van der Waals surface area (Å²) in [5.74, 6) is 0.586. The summed E-state index contributed by atoms with van der Waals surface area (Å²) in [6, 6.07) is 16.2. The Morgan fingerprint density at radius 3 is 2.66 bits per heavy atom. The molecule has 4 rings (SSSR count). The van der Waals surface area contributed by atoms with Gasteiger partial charge >= 0.3 is 6.03 Å². The maximum atomic E-state index is 12.2. The van der Waals surface area contributed by atoms with Gasteiger partial charge in [0.2, 0.25) is 0 Å². The van der Waals surface area contributed by atoms with Crippen molar-refractivity contribution in [3.8, 4) is 0 Å². The summed E-state index contributed by atoms with van der Waals surface area (Å²) in [6.07, 6.45) is 2.32. The number of nitrogens with zero attached hydrogens (tertiary/aromatic N) is 4. The van der Waals surface area contributed by atoms with E-state index in [2.05, 4.69) is 32.6 Å². The number of rotatable bonds is 5. The lowest BCUT2D eigenvalue weighted by molar-refractivity contribution is 0.262. The van der Waals surface area contributed by atoms with Crippen molar-refractivity contribution in [1.29, 1.82) is 0 Å². The zero-order valence-electron chi connectivity index (χ0n) is 15.5. The number of urea groups is 1. The third-order valence-corrected chi connectivity index (χ3v) is 5.29. The van der Waals surface area contributed by atoms with Crippen molar-refractivity contribution in [3.63, 3.8) is 0 Å². The van der Waals surface area contributed by atoms with Gasteiger partial charge in [0.15, 0.2) is 0 Å². The summed E-state index contributed by atoms with van der Waals surface area (Å²) in [4.78, 5) is 21.8. The van der Waals surface area contributed by atoms with Crippen molar-refractivity contribution in [2.24, 2.45) is 0 Å². The number of fused-ring (bicyclic) bond motifs is 1. The van der Waals surface area contributed by atoms with E-state index in [1.165, 1.54) is 6.33 Å². The zero-order valence-corrected chi connectivity index (χ0v) is 17.0. The molecule has 0 saturated heterocycles. The first kappa shape index (κ1) is 19.2. The van der Waals surface area contributed by atoms with Crippen LogP contribution in [0, 0.1) is 0 Å². The van der Waals surface area contributed by atoms with Crippen LogP contribution in [0.2, 0.25) is 5.02 Å². The molecule has 7 nitrogen and oxygen atoms in total. The molecule has 0 aliphatic rings. The minimum absolute atomic E-state index is 0.335. The summed E-state index contributed by atoms with van der Waals surface area (Å²) in [5.41, 5.74) is 2.27. The maximum Gasteiger partial charge on any atom is 0.323 e. The number of amides is 2.